The van der Waals surface area contributed by atoms with E-state index < -0.39 is 0 Å². The molecule has 0 spiro atoms. The first-order valence-corrected chi connectivity index (χ1v) is 27.0. The zero-order valence-electron chi connectivity index (χ0n) is 53.0. The van der Waals surface area contributed by atoms with Crippen LogP contribution in [0.1, 0.15) is 189 Å². The van der Waals surface area contributed by atoms with Crippen LogP contribution in [-0.4, -0.2) is 0 Å². The molecule has 0 aliphatic carbocycles. The summed E-state index contributed by atoms with van der Waals surface area (Å²) in [6.07, 6.45) is 0. The molecule has 0 N–H and O–H groups in total. The summed E-state index contributed by atoms with van der Waals surface area (Å²) in [5, 5.41) is 5.93. The van der Waals surface area contributed by atoms with E-state index in [1.807, 2.05) is 0 Å². The van der Waals surface area contributed by atoms with E-state index in [1.54, 1.807) is 0 Å². The van der Waals surface area contributed by atoms with Crippen LogP contribution in [0.3, 0.4) is 0 Å². The second-order valence-electron chi connectivity index (χ2n) is 22.8. The third-order valence-electron chi connectivity index (χ3n) is 20.4. The fourth-order valence-electron chi connectivity index (χ4n) is 11.4. The third kappa shape index (κ3) is 11.1. The third-order valence-corrected chi connectivity index (χ3v) is 20.4. The van der Waals surface area contributed by atoms with E-state index in [-0.39, 0.29) is 0 Å². The number of hydrogen-bond acceptors (Lipinski definition) is 0. The van der Waals surface area contributed by atoms with Gasteiger partial charge in [0.05, 0.1) is 0 Å². The minimum Gasteiger partial charge on any atom is -0.0447 e. The average molecular weight is 968 g/mol. The van der Waals surface area contributed by atoms with Gasteiger partial charge in [-0.05, 0) is 446 Å². The SMILES string of the molecule is Cc1c(C)c(C)c(C)c(C)c1C.Cc1c(C)c(C)c(C)c(C)c1C.Cc1c(C)c(C)c(C)c(C)c1C.Cc1c(C)c(C)c2c(C)c(C)c(C)c(C)c2c1C.Cc1c(C)c(C)c2c(C)c(C)c(C)c(C)c2c1C. The standard InChI is InChI=1S/2C18H24.3C12H18/c2*1-9-10(2)14(6)18-16(8)12(4)11(3)15(7)17(18)13(9)5;3*1-7-8(2)10(4)12(6)11(5)9(7)3/h2*1-8H3;3*1-6H3. The molecule has 0 unspecified atom stereocenters. The predicted molar refractivity (Wildman–Crippen MR) is 328 cm³/mol. The molecule has 72 heavy (non-hydrogen) atoms. The minimum atomic E-state index is 1.45. The zero-order chi connectivity index (χ0) is 55.9. The molecule has 0 heteroatoms. The zero-order valence-corrected chi connectivity index (χ0v) is 53.0. The Labute approximate surface area is 443 Å². The maximum absolute atomic E-state index is 2.27. The quantitative estimate of drug-likeness (QED) is 0.142. The summed E-state index contributed by atoms with van der Waals surface area (Å²) in [7, 11) is 0. The Balaban J connectivity index is 0.000000241. The molecule has 0 atom stereocenters. The lowest BCUT2D eigenvalue weighted by Gasteiger charge is -2.21. The fraction of sp³-hybridized carbons (Fsp3) is 0.472. The van der Waals surface area contributed by atoms with Gasteiger partial charge >= 0.3 is 0 Å². The summed E-state index contributed by atoms with van der Waals surface area (Å²) >= 11 is 0. The van der Waals surface area contributed by atoms with Crippen molar-refractivity contribution in [3.05, 3.63) is 189 Å². The Morgan fingerprint density at radius 1 is 0.0694 bits per heavy atom. The molecule has 0 bridgehead atoms. The van der Waals surface area contributed by atoms with Gasteiger partial charge in [0.2, 0.25) is 0 Å². The van der Waals surface area contributed by atoms with Crippen molar-refractivity contribution >= 4 is 21.5 Å². The number of fused-ring (bicyclic) bond motifs is 2. The lowest BCUT2D eigenvalue weighted by Crippen LogP contribution is -2.01. The van der Waals surface area contributed by atoms with Gasteiger partial charge in [0, 0.05) is 0 Å². The Kier molecular flexibility index (Phi) is 20.0. The molecule has 0 nitrogen and oxygen atoms in total. The van der Waals surface area contributed by atoms with Gasteiger partial charge in [0.15, 0.2) is 0 Å². The van der Waals surface area contributed by atoms with Crippen molar-refractivity contribution in [2.75, 3.05) is 0 Å². The maximum Gasteiger partial charge on any atom is -0.0114 e. The number of rotatable bonds is 0. The molecule has 0 fully saturated rings. The van der Waals surface area contributed by atoms with Crippen LogP contribution in [0.15, 0.2) is 0 Å². The van der Waals surface area contributed by atoms with Crippen LogP contribution in [0.25, 0.3) is 21.5 Å². The van der Waals surface area contributed by atoms with Crippen molar-refractivity contribution in [1.82, 2.24) is 0 Å². The van der Waals surface area contributed by atoms with Gasteiger partial charge < -0.3 is 0 Å². The highest BCUT2D eigenvalue weighted by atomic mass is 14.2. The Morgan fingerprint density at radius 2 is 0.111 bits per heavy atom. The number of aryl methyl sites for hydroxylation is 8. The first kappa shape index (κ1) is 61.4. The van der Waals surface area contributed by atoms with Crippen LogP contribution >= 0.6 is 0 Å². The molecule has 0 aromatic heterocycles. The molecule has 0 heterocycles. The molecular formula is C72H102. The summed E-state index contributed by atoms with van der Waals surface area (Å²) in [5.41, 5.74) is 49.4. The van der Waals surface area contributed by atoms with Crippen LogP contribution in [0, 0.1) is 235 Å². The monoisotopic (exact) mass is 967 g/mol. The van der Waals surface area contributed by atoms with Crippen molar-refractivity contribution in [3.8, 4) is 0 Å². The highest BCUT2D eigenvalue weighted by Crippen LogP contribution is 2.39. The van der Waals surface area contributed by atoms with E-state index in [0.717, 1.165) is 0 Å². The average Bonchev–Trinajstić information content (AvgIpc) is 3.36. The summed E-state index contributed by atoms with van der Waals surface area (Å²) in [5.74, 6) is 0. The second-order valence-corrected chi connectivity index (χ2v) is 22.8. The van der Waals surface area contributed by atoms with Gasteiger partial charge in [0.25, 0.3) is 0 Å². The maximum atomic E-state index is 2.27. The van der Waals surface area contributed by atoms with Crippen LogP contribution in [0.2, 0.25) is 0 Å². The van der Waals surface area contributed by atoms with Crippen molar-refractivity contribution in [2.45, 2.75) is 235 Å². The Bertz CT molecular complexity index is 2450. The molecule has 390 valence electrons. The second kappa shape index (κ2) is 23.5. The summed E-state index contributed by atoms with van der Waals surface area (Å²) < 4.78 is 0. The summed E-state index contributed by atoms with van der Waals surface area (Å²) in [6, 6.07) is 0. The molecule has 0 saturated heterocycles. The lowest BCUT2D eigenvalue weighted by atomic mass is 9.83. The predicted octanol–water partition coefficient (Wildman–Crippen LogP) is 21.2. The Morgan fingerprint density at radius 3 is 0.167 bits per heavy atom. The molecule has 0 aliphatic rings. The van der Waals surface area contributed by atoms with Crippen molar-refractivity contribution in [1.29, 1.82) is 0 Å². The van der Waals surface area contributed by atoms with Gasteiger partial charge in [-0.15, -0.1) is 0 Å². The van der Waals surface area contributed by atoms with Crippen molar-refractivity contribution in [2.24, 2.45) is 0 Å². The fourth-order valence-corrected chi connectivity index (χ4v) is 11.4. The molecule has 0 aliphatic heterocycles. The number of benzene rings is 7. The molecule has 7 rings (SSSR count). The topological polar surface area (TPSA) is 0 Å². The molecular weight excluding hydrogens is 865 g/mol. The van der Waals surface area contributed by atoms with Crippen LogP contribution in [0.5, 0.6) is 0 Å². The highest BCUT2D eigenvalue weighted by Gasteiger charge is 2.18. The lowest BCUT2D eigenvalue weighted by molar-refractivity contribution is 1.13. The van der Waals surface area contributed by atoms with Gasteiger partial charge in [0.1, 0.15) is 0 Å². The van der Waals surface area contributed by atoms with Crippen molar-refractivity contribution < 1.29 is 0 Å². The smallest absolute Gasteiger partial charge is 0.0114 e. The molecule has 0 radical (unpaired) electrons. The highest BCUT2D eigenvalue weighted by molar-refractivity contribution is 5.98. The first-order chi connectivity index (χ1) is 33.0. The Hall–Kier alpha value is -4.94. The van der Waals surface area contributed by atoms with Gasteiger partial charge in [-0.25, -0.2) is 0 Å². The van der Waals surface area contributed by atoms with E-state index in [9.17, 15) is 0 Å². The molecule has 0 saturated carbocycles. The molecule has 7 aromatic carbocycles. The van der Waals surface area contributed by atoms with E-state index in [0.29, 0.717) is 0 Å². The van der Waals surface area contributed by atoms with Gasteiger partial charge in [-0.2, -0.15) is 0 Å². The minimum absolute atomic E-state index is 1.45. The van der Waals surface area contributed by atoms with Crippen molar-refractivity contribution in [3.63, 3.8) is 0 Å². The van der Waals surface area contributed by atoms with Gasteiger partial charge in [-0.1, -0.05) is 0 Å². The van der Waals surface area contributed by atoms with E-state index in [4.69, 9.17) is 0 Å². The van der Waals surface area contributed by atoms with E-state index >= 15 is 0 Å². The van der Waals surface area contributed by atoms with Crippen LogP contribution in [-0.2, 0) is 0 Å². The summed E-state index contributed by atoms with van der Waals surface area (Å²) in [4.78, 5) is 0. The molecule has 0 amide bonds. The molecule has 7 aromatic rings. The van der Waals surface area contributed by atoms with Crippen LogP contribution in [0.4, 0.5) is 0 Å². The normalized spacial score (nSPS) is 10.9. The van der Waals surface area contributed by atoms with E-state index in [2.05, 4.69) is 235 Å². The first-order valence-electron chi connectivity index (χ1n) is 27.0. The largest absolute Gasteiger partial charge is 0.0447 e. The van der Waals surface area contributed by atoms with E-state index in [1.165, 1.54) is 211 Å². The van der Waals surface area contributed by atoms with Crippen LogP contribution < -0.4 is 0 Å². The number of hydrogen-bond donors (Lipinski definition) is 0. The summed E-state index contributed by atoms with van der Waals surface area (Å²) in [6.45, 7) is 76.0. The van der Waals surface area contributed by atoms with Gasteiger partial charge in [-0.3, -0.25) is 0 Å².